The van der Waals surface area contributed by atoms with Gasteiger partial charge in [-0.05, 0) is 51.7 Å². The van der Waals surface area contributed by atoms with E-state index in [4.69, 9.17) is 4.74 Å². The molecule has 1 atom stereocenters. The first-order valence-electron chi connectivity index (χ1n) is 10.9. The molecule has 3 aromatic carbocycles. The Hall–Kier alpha value is -2.93. The van der Waals surface area contributed by atoms with Crippen LogP contribution in [0.5, 0.6) is 5.75 Å². The number of rotatable bonds is 9. The van der Waals surface area contributed by atoms with E-state index in [0.29, 0.717) is 17.9 Å². The van der Waals surface area contributed by atoms with Crippen molar-refractivity contribution in [3.05, 3.63) is 76.5 Å². The smallest absolute Gasteiger partial charge is 0.261 e. The van der Waals surface area contributed by atoms with Gasteiger partial charge in [-0.15, -0.1) is 0 Å². The number of carbonyl (C=O) groups excluding carboxylic acids is 2. The zero-order chi connectivity index (χ0) is 24.0. The molecule has 1 N–H and O–H groups in total. The van der Waals surface area contributed by atoms with Gasteiger partial charge in [0.2, 0.25) is 5.91 Å². The summed E-state index contributed by atoms with van der Waals surface area (Å²) in [5.41, 5.74) is 0.334. The Labute approximate surface area is 202 Å². The van der Waals surface area contributed by atoms with E-state index in [1.165, 1.54) is 11.0 Å². The molecule has 0 saturated heterocycles. The summed E-state index contributed by atoms with van der Waals surface area (Å²) < 4.78 is 20.9. The molecule has 0 heterocycles. The molecule has 0 aliphatic carbocycles. The van der Waals surface area contributed by atoms with Crippen LogP contribution in [0, 0.1) is 11.7 Å². The quantitative estimate of drug-likeness (QED) is 0.420. The predicted molar refractivity (Wildman–Crippen MR) is 131 cm³/mol. The summed E-state index contributed by atoms with van der Waals surface area (Å²) in [5.74, 6) is -0.343. The molecule has 33 heavy (non-hydrogen) atoms. The fraction of sp³-hybridized carbons (Fsp3) is 0.308. The summed E-state index contributed by atoms with van der Waals surface area (Å²) in [6.07, 6.45) is 0. The third-order valence-electron chi connectivity index (χ3n) is 5.33. The molecule has 0 bridgehead atoms. The first kappa shape index (κ1) is 24.7. The highest BCUT2D eigenvalue weighted by Crippen LogP contribution is 2.33. The van der Waals surface area contributed by atoms with Crippen molar-refractivity contribution >= 4 is 38.5 Å². The summed E-state index contributed by atoms with van der Waals surface area (Å²) >= 11 is 3.55. The lowest BCUT2D eigenvalue weighted by atomic mass is 10.1. The van der Waals surface area contributed by atoms with E-state index in [1.54, 1.807) is 31.2 Å². The fourth-order valence-electron chi connectivity index (χ4n) is 3.39. The minimum Gasteiger partial charge on any atom is -0.483 e. The first-order chi connectivity index (χ1) is 15.8. The second kappa shape index (κ2) is 11.3. The Kier molecular flexibility index (Phi) is 8.44. The maximum atomic E-state index is 14.3. The number of benzene rings is 3. The standard InChI is InChI=1S/C26H28BrFN2O3/c1-17(2)14-29-26(32)18(3)30(15-20-9-5-7-11-22(20)28)24(31)16-33-23-13-12-19-8-4-6-10-21(19)25(23)27/h4-13,17-18H,14-16H2,1-3H3,(H,29,32)/t18-/m1/s1. The molecule has 0 fully saturated rings. The van der Waals surface area contributed by atoms with E-state index in [2.05, 4.69) is 21.2 Å². The van der Waals surface area contributed by atoms with Crippen LogP contribution in [0.15, 0.2) is 65.1 Å². The highest BCUT2D eigenvalue weighted by atomic mass is 79.9. The Morgan fingerprint density at radius 1 is 1.03 bits per heavy atom. The van der Waals surface area contributed by atoms with E-state index >= 15 is 0 Å². The van der Waals surface area contributed by atoms with E-state index in [0.717, 1.165) is 15.2 Å². The fourth-order valence-corrected chi connectivity index (χ4v) is 4.00. The molecule has 0 unspecified atom stereocenters. The number of ether oxygens (including phenoxy) is 1. The van der Waals surface area contributed by atoms with E-state index in [-0.39, 0.29) is 25.0 Å². The zero-order valence-corrected chi connectivity index (χ0v) is 20.6. The van der Waals surface area contributed by atoms with Gasteiger partial charge in [-0.1, -0.05) is 62.4 Å². The van der Waals surface area contributed by atoms with Gasteiger partial charge in [0.25, 0.3) is 5.91 Å². The van der Waals surface area contributed by atoms with Crippen LogP contribution in [0.2, 0.25) is 0 Å². The largest absolute Gasteiger partial charge is 0.483 e. The molecule has 3 rings (SSSR count). The molecule has 0 aliphatic heterocycles. The van der Waals surface area contributed by atoms with Crippen molar-refractivity contribution in [2.24, 2.45) is 5.92 Å². The predicted octanol–water partition coefficient (Wildman–Crippen LogP) is 5.31. The van der Waals surface area contributed by atoms with Crippen LogP contribution < -0.4 is 10.1 Å². The molecule has 0 aromatic heterocycles. The van der Waals surface area contributed by atoms with Crippen molar-refractivity contribution in [1.82, 2.24) is 10.2 Å². The molecule has 0 saturated carbocycles. The normalized spacial score (nSPS) is 11.9. The average molecular weight is 515 g/mol. The number of amides is 2. The Bertz CT molecular complexity index is 1140. The second-order valence-corrected chi connectivity index (χ2v) is 9.11. The van der Waals surface area contributed by atoms with Crippen LogP contribution in [0.4, 0.5) is 4.39 Å². The maximum absolute atomic E-state index is 14.3. The third-order valence-corrected chi connectivity index (χ3v) is 6.15. The number of nitrogens with one attached hydrogen (secondary N) is 1. The van der Waals surface area contributed by atoms with Gasteiger partial charge in [0.15, 0.2) is 6.61 Å². The topological polar surface area (TPSA) is 58.6 Å². The molecule has 0 radical (unpaired) electrons. The third kappa shape index (κ3) is 6.32. The number of halogens is 2. The minimum absolute atomic E-state index is 0.0377. The van der Waals surface area contributed by atoms with E-state index in [1.807, 2.05) is 44.2 Å². The van der Waals surface area contributed by atoms with Crippen molar-refractivity contribution in [2.45, 2.75) is 33.4 Å². The molecular weight excluding hydrogens is 487 g/mol. The lowest BCUT2D eigenvalue weighted by Gasteiger charge is -2.29. The Morgan fingerprint density at radius 3 is 2.45 bits per heavy atom. The van der Waals surface area contributed by atoms with Gasteiger partial charge in [-0.25, -0.2) is 4.39 Å². The summed E-state index contributed by atoms with van der Waals surface area (Å²) in [6.45, 7) is 5.79. The van der Waals surface area contributed by atoms with Crippen molar-refractivity contribution in [3.63, 3.8) is 0 Å². The SMILES string of the molecule is CC(C)CNC(=O)[C@@H](C)N(Cc1ccccc1F)C(=O)COc1ccc2ccccc2c1Br. The van der Waals surface area contributed by atoms with Crippen LogP contribution in [-0.2, 0) is 16.1 Å². The van der Waals surface area contributed by atoms with Crippen LogP contribution in [-0.4, -0.2) is 35.9 Å². The van der Waals surface area contributed by atoms with Crippen molar-refractivity contribution < 1.29 is 18.7 Å². The van der Waals surface area contributed by atoms with E-state index in [9.17, 15) is 14.0 Å². The summed E-state index contributed by atoms with van der Waals surface area (Å²) in [7, 11) is 0. The number of nitrogens with zero attached hydrogens (tertiary/aromatic N) is 1. The number of hydrogen-bond donors (Lipinski definition) is 1. The molecular formula is C26H28BrFN2O3. The van der Waals surface area contributed by atoms with Gasteiger partial charge in [0.05, 0.1) is 4.47 Å². The average Bonchev–Trinajstić information content (AvgIpc) is 2.81. The van der Waals surface area contributed by atoms with Gasteiger partial charge in [-0.3, -0.25) is 9.59 Å². The highest BCUT2D eigenvalue weighted by molar-refractivity contribution is 9.10. The van der Waals surface area contributed by atoms with Gasteiger partial charge in [0, 0.05) is 18.7 Å². The highest BCUT2D eigenvalue weighted by Gasteiger charge is 2.27. The maximum Gasteiger partial charge on any atom is 0.261 e. The molecule has 174 valence electrons. The first-order valence-corrected chi connectivity index (χ1v) is 11.7. The van der Waals surface area contributed by atoms with Crippen molar-refractivity contribution in [1.29, 1.82) is 0 Å². The molecule has 3 aromatic rings. The molecule has 0 spiro atoms. The number of fused-ring (bicyclic) bond motifs is 1. The van der Waals surface area contributed by atoms with Crippen LogP contribution >= 0.6 is 15.9 Å². The lowest BCUT2D eigenvalue weighted by Crippen LogP contribution is -2.49. The van der Waals surface area contributed by atoms with Gasteiger partial charge >= 0.3 is 0 Å². The van der Waals surface area contributed by atoms with Crippen molar-refractivity contribution in [2.75, 3.05) is 13.2 Å². The van der Waals surface area contributed by atoms with Crippen LogP contribution in [0.3, 0.4) is 0 Å². The van der Waals surface area contributed by atoms with Gasteiger partial charge in [-0.2, -0.15) is 0 Å². The summed E-state index contributed by atoms with van der Waals surface area (Å²) in [5, 5.41) is 4.85. The Balaban J connectivity index is 1.79. The number of carbonyl (C=O) groups is 2. The summed E-state index contributed by atoms with van der Waals surface area (Å²) in [4.78, 5) is 27.2. The Morgan fingerprint density at radius 2 is 1.73 bits per heavy atom. The monoisotopic (exact) mass is 514 g/mol. The lowest BCUT2D eigenvalue weighted by molar-refractivity contribution is -0.142. The molecule has 2 amide bonds. The minimum atomic E-state index is -0.792. The zero-order valence-electron chi connectivity index (χ0n) is 19.0. The van der Waals surface area contributed by atoms with Crippen LogP contribution in [0.1, 0.15) is 26.3 Å². The summed E-state index contributed by atoms with van der Waals surface area (Å²) in [6, 6.07) is 17.0. The molecule has 5 nitrogen and oxygen atoms in total. The van der Waals surface area contributed by atoms with Gasteiger partial charge < -0.3 is 15.0 Å². The van der Waals surface area contributed by atoms with E-state index < -0.39 is 17.8 Å². The van der Waals surface area contributed by atoms with Crippen molar-refractivity contribution in [3.8, 4) is 5.75 Å². The van der Waals surface area contributed by atoms with Gasteiger partial charge in [0.1, 0.15) is 17.6 Å². The second-order valence-electron chi connectivity index (χ2n) is 8.32. The molecule has 7 heteroatoms. The molecule has 0 aliphatic rings. The van der Waals surface area contributed by atoms with Crippen LogP contribution in [0.25, 0.3) is 10.8 Å². The number of hydrogen-bond acceptors (Lipinski definition) is 3.